The Morgan fingerprint density at radius 1 is 0.968 bits per heavy atom. The van der Waals surface area contributed by atoms with E-state index < -0.39 is 6.17 Å². The van der Waals surface area contributed by atoms with Crippen molar-refractivity contribution in [3.8, 4) is 0 Å². The van der Waals surface area contributed by atoms with Crippen LogP contribution in [0.3, 0.4) is 0 Å². The Balaban J connectivity index is 1.43. The van der Waals surface area contributed by atoms with E-state index >= 15 is 0 Å². The van der Waals surface area contributed by atoms with Gasteiger partial charge in [-0.1, -0.05) is 48.0 Å². The Hall–Kier alpha value is -3.32. The van der Waals surface area contributed by atoms with Crippen LogP contribution in [0.15, 0.2) is 70.5 Å². The fourth-order valence-corrected chi connectivity index (χ4v) is 4.28. The van der Waals surface area contributed by atoms with Gasteiger partial charge in [0.05, 0.1) is 0 Å². The maximum Gasteiger partial charge on any atom is 0.257 e. The largest absolute Gasteiger partial charge is 0.368 e. The molecule has 158 valence electrons. The maximum absolute atomic E-state index is 12.8. The minimum Gasteiger partial charge on any atom is -0.368 e. The van der Waals surface area contributed by atoms with Gasteiger partial charge >= 0.3 is 0 Å². The lowest BCUT2D eigenvalue weighted by atomic mass is 10.1. The first kappa shape index (κ1) is 19.6. The van der Waals surface area contributed by atoms with Crippen molar-refractivity contribution in [3.63, 3.8) is 0 Å². The average Bonchev–Trinajstić information content (AvgIpc) is 2.79. The molecule has 31 heavy (non-hydrogen) atoms. The highest BCUT2D eigenvalue weighted by atomic mass is 35.5. The van der Waals surface area contributed by atoms with Crippen LogP contribution >= 0.6 is 11.6 Å². The van der Waals surface area contributed by atoms with Gasteiger partial charge in [0, 0.05) is 48.6 Å². The molecule has 1 atom stereocenters. The zero-order valence-corrected chi connectivity index (χ0v) is 18.0. The van der Waals surface area contributed by atoms with E-state index in [0.29, 0.717) is 11.6 Å². The fourth-order valence-electron chi connectivity index (χ4n) is 4.09. The zero-order chi connectivity index (χ0) is 21.4. The van der Waals surface area contributed by atoms with E-state index in [-0.39, 0.29) is 5.56 Å². The lowest BCUT2D eigenvalue weighted by molar-refractivity contribution is 0.376. The number of rotatable bonds is 2. The summed E-state index contributed by atoms with van der Waals surface area (Å²) in [5, 5.41) is 4.04. The van der Waals surface area contributed by atoms with Gasteiger partial charge in [-0.3, -0.25) is 14.7 Å². The van der Waals surface area contributed by atoms with Crippen LogP contribution in [-0.4, -0.2) is 46.6 Å². The second kappa shape index (κ2) is 8.07. The lowest BCUT2D eigenvalue weighted by Gasteiger charge is -2.39. The molecule has 0 saturated carbocycles. The van der Waals surface area contributed by atoms with E-state index in [1.54, 1.807) is 10.6 Å². The van der Waals surface area contributed by atoms with Gasteiger partial charge in [0.1, 0.15) is 0 Å². The van der Waals surface area contributed by atoms with Crippen molar-refractivity contribution in [2.75, 3.05) is 36.4 Å². The molecule has 3 heterocycles. The highest BCUT2D eigenvalue weighted by molar-refractivity contribution is 6.30. The number of anilines is 2. The molecule has 5 rings (SSSR count). The quantitative estimate of drug-likeness (QED) is 0.670. The first-order valence-electron chi connectivity index (χ1n) is 10.3. The van der Waals surface area contributed by atoms with Gasteiger partial charge in [-0.25, -0.2) is 9.98 Å². The van der Waals surface area contributed by atoms with Crippen LogP contribution in [-0.2, 0) is 0 Å². The molecular formula is C23H23ClN6O. The van der Waals surface area contributed by atoms with E-state index in [0.717, 1.165) is 48.4 Å². The van der Waals surface area contributed by atoms with Gasteiger partial charge in [0.25, 0.3) is 5.56 Å². The third-order valence-electron chi connectivity index (χ3n) is 5.64. The third kappa shape index (κ3) is 3.88. The molecule has 7 nitrogen and oxygen atoms in total. The lowest BCUT2D eigenvalue weighted by Crippen LogP contribution is -2.52. The number of aryl methyl sites for hydroxylation is 1. The molecule has 1 N–H and O–H groups in total. The normalized spacial score (nSPS) is 18.3. The summed E-state index contributed by atoms with van der Waals surface area (Å²) in [4.78, 5) is 26.8. The van der Waals surface area contributed by atoms with Crippen molar-refractivity contribution in [2.45, 2.75) is 13.1 Å². The Kier molecular flexibility index (Phi) is 5.11. The fraction of sp³-hybridized carbons (Fsp3) is 0.261. The van der Waals surface area contributed by atoms with Crippen molar-refractivity contribution in [2.24, 2.45) is 4.99 Å². The van der Waals surface area contributed by atoms with Crippen LogP contribution in [0, 0.1) is 6.92 Å². The molecule has 1 fully saturated rings. The molecule has 0 amide bonds. The summed E-state index contributed by atoms with van der Waals surface area (Å²) in [5.41, 5.74) is 2.65. The number of halogens is 1. The van der Waals surface area contributed by atoms with Gasteiger partial charge in [-0.05, 0) is 30.7 Å². The van der Waals surface area contributed by atoms with Gasteiger partial charge in [0.15, 0.2) is 6.17 Å². The van der Waals surface area contributed by atoms with Crippen molar-refractivity contribution in [1.29, 1.82) is 0 Å². The maximum atomic E-state index is 12.8. The van der Waals surface area contributed by atoms with Gasteiger partial charge in [-0.15, -0.1) is 0 Å². The molecule has 3 aromatic rings. The Morgan fingerprint density at radius 3 is 2.45 bits per heavy atom. The van der Waals surface area contributed by atoms with E-state index in [1.165, 1.54) is 0 Å². The number of fused-ring (bicyclic) bond motifs is 1. The third-order valence-corrected chi connectivity index (χ3v) is 5.88. The second-order valence-electron chi connectivity index (χ2n) is 7.75. The molecule has 0 radical (unpaired) electrons. The second-order valence-corrected chi connectivity index (χ2v) is 8.18. The number of aromatic nitrogens is 2. The smallest absolute Gasteiger partial charge is 0.257 e. The molecular weight excluding hydrogens is 412 g/mol. The molecule has 0 bridgehead atoms. The number of piperazine rings is 1. The highest BCUT2D eigenvalue weighted by Crippen LogP contribution is 2.27. The summed E-state index contributed by atoms with van der Waals surface area (Å²) in [7, 11) is 0. The number of hydrogen-bond acceptors (Lipinski definition) is 6. The van der Waals surface area contributed by atoms with Crippen LogP contribution in [0.2, 0.25) is 5.02 Å². The first-order valence-corrected chi connectivity index (χ1v) is 10.7. The van der Waals surface area contributed by atoms with Crippen LogP contribution in [0.25, 0.3) is 0 Å². The number of hydrogen-bond donors (Lipinski definition) is 1. The molecule has 0 aliphatic carbocycles. The average molecular weight is 435 g/mol. The van der Waals surface area contributed by atoms with E-state index in [1.807, 2.05) is 55.5 Å². The predicted molar refractivity (Wildman–Crippen MR) is 124 cm³/mol. The van der Waals surface area contributed by atoms with E-state index in [4.69, 9.17) is 16.6 Å². The molecule has 2 aliphatic rings. The highest BCUT2D eigenvalue weighted by Gasteiger charge is 2.29. The van der Waals surface area contributed by atoms with Crippen molar-refractivity contribution in [1.82, 2.24) is 14.5 Å². The SMILES string of the molecule is Cc1cc(=O)n2c(n1)NC(N1CCN(c3cccc(Cl)c3)CC1)=N[C@@H]2c1ccccc1. The van der Waals surface area contributed by atoms with Crippen molar-refractivity contribution < 1.29 is 0 Å². The summed E-state index contributed by atoms with van der Waals surface area (Å²) in [6.45, 7) is 5.14. The molecule has 0 spiro atoms. The summed E-state index contributed by atoms with van der Waals surface area (Å²) < 4.78 is 1.62. The number of benzene rings is 2. The Bertz CT molecular complexity index is 1180. The minimum absolute atomic E-state index is 0.113. The summed E-state index contributed by atoms with van der Waals surface area (Å²) in [6, 6.07) is 19.4. The van der Waals surface area contributed by atoms with Gasteiger partial charge in [-0.2, -0.15) is 0 Å². The molecule has 2 aliphatic heterocycles. The number of nitrogens with one attached hydrogen (secondary N) is 1. The number of nitrogens with zero attached hydrogens (tertiary/aromatic N) is 5. The molecule has 1 aromatic heterocycles. The van der Waals surface area contributed by atoms with Crippen LogP contribution in [0.1, 0.15) is 17.4 Å². The summed E-state index contributed by atoms with van der Waals surface area (Å²) in [6.07, 6.45) is -0.445. The predicted octanol–water partition coefficient (Wildman–Crippen LogP) is 3.36. The standard InChI is InChI=1S/C23H23ClN6O/c1-16-14-20(31)30-21(17-6-3-2-4-7-17)26-22(27-23(30)25-16)29-12-10-28(11-13-29)19-9-5-8-18(24)15-19/h2-9,14-15,21H,10-13H2,1H3,(H,25,26,27)/t21-/m0/s1. The zero-order valence-electron chi connectivity index (χ0n) is 17.2. The van der Waals surface area contributed by atoms with Crippen molar-refractivity contribution in [3.05, 3.63) is 87.3 Å². The number of aliphatic imine (C=N–C) groups is 1. The van der Waals surface area contributed by atoms with Crippen molar-refractivity contribution >= 4 is 29.2 Å². The molecule has 1 saturated heterocycles. The van der Waals surface area contributed by atoms with Crippen LogP contribution in [0.5, 0.6) is 0 Å². The molecule has 0 unspecified atom stereocenters. The summed E-state index contributed by atoms with van der Waals surface area (Å²) in [5.74, 6) is 1.28. The topological polar surface area (TPSA) is 65.8 Å². The molecule has 2 aromatic carbocycles. The minimum atomic E-state index is -0.445. The first-order chi connectivity index (χ1) is 15.1. The summed E-state index contributed by atoms with van der Waals surface area (Å²) >= 11 is 6.16. The van der Waals surface area contributed by atoms with Crippen LogP contribution < -0.4 is 15.8 Å². The van der Waals surface area contributed by atoms with Gasteiger partial charge in [0.2, 0.25) is 11.9 Å². The Labute approximate surface area is 185 Å². The van der Waals surface area contributed by atoms with E-state index in [9.17, 15) is 4.79 Å². The number of guanidine groups is 1. The molecule has 8 heteroatoms. The monoisotopic (exact) mass is 434 g/mol. The van der Waals surface area contributed by atoms with E-state index in [2.05, 4.69) is 26.2 Å². The van der Waals surface area contributed by atoms with Crippen LogP contribution in [0.4, 0.5) is 11.6 Å². The Morgan fingerprint density at radius 2 is 1.71 bits per heavy atom. The van der Waals surface area contributed by atoms with Gasteiger partial charge < -0.3 is 9.80 Å².